The molecule has 6 nitrogen and oxygen atoms in total. The lowest BCUT2D eigenvalue weighted by molar-refractivity contribution is -0.888. The Bertz CT molecular complexity index is 1520. The van der Waals surface area contributed by atoms with Crippen LogP contribution in [0.1, 0.15) is 42.4 Å². The fraction of sp³-hybridized carbons (Fsp3) is 0.419. The molecule has 282 valence electrons. The van der Waals surface area contributed by atoms with Crippen LogP contribution in [-0.2, 0) is 6.54 Å². The van der Waals surface area contributed by atoms with Gasteiger partial charge in [-0.1, -0.05) is 98.8 Å². The summed E-state index contributed by atoms with van der Waals surface area (Å²) in [4.78, 5) is 4.61. The van der Waals surface area contributed by atoms with Crippen molar-refractivity contribution < 1.29 is 9.05 Å². The first kappa shape index (κ1) is 43.9. The molecule has 0 saturated carbocycles. The minimum atomic E-state index is 0.796. The zero-order valence-electron chi connectivity index (χ0n) is 32.2. The highest BCUT2D eigenvalue weighted by molar-refractivity contribution is 14.1. The van der Waals surface area contributed by atoms with Gasteiger partial charge in [-0.15, -0.1) is 0 Å². The first-order valence-electron chi connectivity index (χ1n) is 18.5. The highest BCUT2D eigenvalue weighted by Gasteiger charge is 2.15. The van der Waals surface area contributed by atoms with E-state index in [2.05, 4.69) is 167 Å². The van der Waals surface area contributed by atoms with Crippen molar-refractivity contribution in [2.45, 2.75) is 32.2 Å². The highest BCUT2D eigenvalue weighted by atomic mass is 127. The van der Waals surface area contributed by atoms with Crippen molar-refractivity contribution in [2.24, 2.45) is 0 Å². The molecule has 9 heteroatoms. The summed E-state index contributed by atoms with van der Waals surface area (Å²) in [6.07, 6.45) is 22.4. The van der Waals surface area contributed by atoms with Crippen LogP contribution in [-0.4, -0.2) is 95.4 Å². The number of nitrogens with two attached hydrogens (primary N) is 1. The molecule has 0 saturated heterocycles. The van der Waals surface area contributed by atoms with Crippen LogP contribution in [0.25, 0.3) is 18.2 Å². The molecule has 0 amide bonds. The molecule has 3 aromatic rings. The molecule has 0 aliphatic rings. The van der Waals surface area contributed by atoms with E-state index in [1.54, 1.807) is 0 Å². The number of hydrogen-bond donors (Lipinski definition) is 2. The van der Waals surface area contributed by atoms with E-state index in [1.165, 1.54) is 72.7 Å². The minimum absolute atomic E-state index is 0.796. The van der Waals surface area contributed by atoms with E-state index in [0.717, 1.165) is 48.5 Å². The number of nitrogens with zero attached hydrogens (tertiary/aromatic N) is 4. The topological polar surface area (TPSA) is 48.4 Å². The van der Waals surface area contributed by atoms with Crippen molar-refractivity contribution >= 4 is 73.8 Å². The average Bonchev–Trinajstić information content (AvgIpc) is 3.13. The van der Waals surface area contributed by atoms with Crippen LogP contribution in [0.15, 0.2) is 101 Å². The number of aryl methyl sites for hydroxylation is 1. The van der Waals surface area contributed by atoms with E-state index in [9.17, 15) is 0 Å². The minimum Gasteiger partial charge on any atom is -0.399 e. The molecule has 0 fully saturated rings. The molecule has 3 rings (SSSR count). The standard InChI is InChI=1S/C43H62IN6S2/c1-47(2)43-20-16-39(17-21-43)10-12-40(22-26-44)23-28-46-27-6-7-29-48(3)33-36-51-52-37-35-50(4,5)34-9-8-30-49-31-24-41(25-32-49)13-11-38-14-18-42(45)19-15-38/h10-26,31-32,45-46H,6-9,27-30,33-37H2,1-5H3/q+1/p+1/b12-10+,26-22-,40-23-. The molecule has 1 aromatic heterocycles. The molecule has 0 aliphatic heterocycles. The molecule has 1 heterocycles. The van der Waals surface area contributed by atoms with Gasteiger partial charge in [-0.05, 0) is 89.7 Å². The number of pyridine rings is 1. The number of benzene rings is 2. The molecule has 3 N–H and O–H groups in total. The van der Waals surface area contributed by atoms with Gasteiger partial charge < -0.3 is 25.3 Å². The molecule has 0 aliphatic carbocycles. The fourth-order valence-electron chi connectivity index (χ4n) is 5.45. The number of allylic oxidation sites excluding steroid dienone is 3. The lowest BCUT2D eigenvalue weighted by Gasteiger charge is -2.29. The Balaban J connectivity index is 1.17. The summed E-state index contributed by atoms with van der Waals surface area (Å²) in [7, 11) is 15.2. The van der Waals surface area contributed by atoms with Gasteiger partial charge in [0.1, 0.15) is 6.54 Å². The zero-order valence-corrected chi connectivity index (χ0v) is 36.0. The molecular weight excluding hydrogens is 792 g/mol. The fourth-order valence-corrected chi connectivity index (χ4v) is 8.21. The number of halogens is 1. The van der Waals surface area contributed by atoms with Crippen molar-refractivity contribution in [3.63, 3.8) is 0 Å². The van der Waals surface area contributed by atoms with Gasteiger partial charge in [0.25, 0.3) is 0 Å². The number of aromatic nitrogens is 1. The lowest BCUT2D eigenvalue weighted by atomic mass is 10.1. The van der Waals surface area contributed by atoms with Crippen LogP contribution < -0.4 is 20.5 Å². The molecular formula is C43H63IN6S2+2. The van der Waals surface area contributed by atoms with Gasteiger partial charge in [-0.3, -0.25) is 0 Å². The second-order valence-electron chi connectivity index (χ2n) is 14.1. The van der Waals surface area contributed by atoms with Crippen LogP contribution in [0.4, 0.5) is 11.4 Å². The summed E-state index contributed by atoms with van der Waals surface area (Å²) >= 11 is 2.29. The van der Waals surface area contributed by atoms with Gasteiger partial charge in [-0.2, -0.15) is 0 Å². The summed E-state index contributed by atoms with van der Waals surface area (Å²) < 4.78 is 5.47. The Labute approximate surface area is 337 Å². The molecule has 52 heavy (non-hydrogen) atoms. The lowest BCUT2D eigenvalue weighted by Crippen LogP contribution is -2.42. The van der Waals surface area contributed by atoms with Crippen molar-refractivity contribution in [1.82, 2.24) is 10.2 Å². The maximum Gasteiger partial charge on any atom is 0.169 e. The Kier molecular flexibility index (Phi) is 21.5. The van der Waals surface area contributed by atoms with Gasteiger partial charge in [0, 0.05) is 69.3 Å². The van der Waals surface area contributed by atoms with Gasteiger partial charge in [0.05, 0.1) is 32.9 Å². The number of nitrogens with one attached hydrogen (secondary N) is 1. The number of rotatable bonds is 25. The number of quaternary nitrogens is 1. The van der Waals surface area contributed by atoms with E-state index in [1.807, 2.05) is 45.9 Å². The monoisotopic (exact) mass is 854 g/mol. The molecule has 0 unspecified atom stereocenters. The van der Waals surface area contributed by atoms with Gasteiger partial charge in [0.2, 0.25) is 0 Å². The average molecular weight is 855 g/mol. The largest absolute Gasteiger partial charge is 0.399 e. The Hall–Kier alpha value is -2.54. The molecule has 0 spiro atoms. The van der Waals surface area contributed by atoms with E-state index >= 15 is 0 Å². The molecule has 0 radical (unpaired) electrons. The third-order valence-corrected chi connectivity index (χ3v) is 11.7. The third-order valence-electron chi connectivity index (χ3n) is 8.93. The molecule has 0 bridgehead atoms. The second kappa shape index (κ2) is 25.5. The highest BCUT2D eigenvalue weighted by Crippen LogP contribution is 2.22. The van der Waals surface area contributed by atoms with Crippen LogP contribution in [0.2, 0.25) is 0 Å². The van der Waals surface area contributed by atoms with Gasteiger partial charge in [-0.25, -0.2) is 4.57 Å². The number of unbranched alkanes of at least 4 members (excludes halogenated alkanes) is 2. The summed E-state index contributed by atoms with van der Waals surface area (Å²) in [5.41, 5.74) is 12.6. The van der Waals surface area contributed by atoms with Crippen molar-refractivity contribution in [1.29, 1.82) is 0 Å². The van der Waals surface area contributed by atoms with Crippen molar-refractivity contribution in [3.8, 4) is 0 Å². The van der Waals surface area contributed by atoms with E-state index < -0.39 is 0 Å². The second-order valence-corrected chi connectivity index (χ2v) is 17.6. The third kappa shape index (κ3) is 19.5. The maximum atomic E-state index is 5.78. The maximum absolute atomic E-state index is 5.78. The van der Waals surface area contributed by atoms with E-state index in [-0.39, 0.29) is 0 Å². The van der Waals surface area contributed by atoms with Crippen LogP contribution in [0, 0.1) is 0 Å². The van der Waals surface area contributed by atoms with Crippen LogP contribution >= 0.6 is 44.2 Å². The summed E-state index contributed by atoms with van der Waals surface area (Å²) in [6, 6.07) is 21.0. The summed E-state index contributed by atoms with van der Waals surface area (Å²) in [6.45, 7) is 7.76. The quantitative estimate of drug-likeness (QED) is 0.0169. The van der Waals surface area contributed by atoms with Crippen LogP contribution in [0.5, 0.6) is 0 Å². The molecule has 0 atom stereocenters. The summed E-state index contributed by atoms with van der Waals surface area (Å²) in [5, 5.41) is 3.59. The molecule has 2 aromatic carbocycles. The van der Waals surface area contributed by atoms with Gasteiger partial charge >= 0.3 is 0 Å². The van der Waals surface area contributed by atoms with Crippen LogP contribution in [0.3, 0.4) is 0 Å². The van der Waals surface area contributed by atoms with Crippen molar-refractivity contribution in [3.05, 3.63) is 118 Å². The van der Waals surface area contributed by atoms with Crippen molar-refractivity contribution in [2.75, 3.05) is 96.6 Å². The SMILES string of the molecule is CN(CCCCNC/C=C(\C=C/I)/C=C/c1ccc(N(C)C)cc1)CCSSCC[N+](C)(C)CCCC[n+]1ccc(/C=C/c2ccc(N)cc2)cc1. The smallest absolute Gasteiger partial charge is 0.169 e. The first-order valence-corrected chi connectivity index (χ1v) is 22.3. The van der Waals surface area contributed by atoms with E-state index in [4.69, 9.17) is 5.73 Å². The normalized spacial score (nSPS) is 12.6. The van der Waals surface area contributed by atoms with E-state index in [0.29, 0.717) is 0 Å². The summed E-state index contributed by atoms with van der Waals surface area (Å²) in [5.74, 6) is 2.39. The first-order chi connectivity index (χ1) is 25.1. The van der Waals surface area contributed by atoms with Gasteiger partial charge in [0.15, 0.2) is 12.4 Å². The number of nitrogen functional groups attached to an aromatic ring is 1. The predicted octanol–water partition coefficient (Wildman–Crippen LogP) is 8.92. The Morgan fingerprint density at radius 3 is 2.12 bits per heavy atom. The number of anilines is 2. The number of hydrogen-bond acceptors (Lipinski definition) is 6. The Morgan fingerprint density at radius 1 is 0.769 bits per heavy atom. The zero-order chi connectivity index (χ0) is 37.4. The Morgan fingerprint density at radius 2 is 1.42 bits per heavy atom. The predicted molar refractivity (Wildman–Crippen MR) is 243 cm³/mol.